The van der Waals surface area contributed by atoms with Gasteiger partial charge in [-0.2, -0.15) is 0 Å². The van der Waals surface area contributed by atoms with Crippen LogP contribution in [0.4, 0.5) is 0 Å². The molecule has 2 aliphatic heterocycles. The second kappa shape index (κ2) is 6.16. The van der Waals surface area contributed by atoms with Crippen LogP contribution in [0.15, 0.2) is 45.9 Å². The molecular weight excluding hydrogens is 511 g/mol. The standard InChI is InChI=1S/C19H18BrIN2OS/c1-18(2,3)22-17-23-19(10-25-17)13-8-11(20)4-6-15(13)24-16-7-5-12(21)9-14(16)19/h4-9H,10H2,1-3H3,(H,22,23). The molecule has 0 aromatic heterocycles. The van der Waals surface area contributed by atoms with Crippen LogP contribution in [0, 0.1) is 3.57 Å². The third-order valence-electron chi connectivity index (χ3n) is 4.19. The van der Waals surface area contributed by atoms with Crippen LogP contribution in [0.5, 0.6) is 11.5 Å². The van der Waals surface area contributed by atoms with Gasteiger partial charge in [0.2, 0.25) is 0 Å². The minimum absolute atomic E-state index is 0.0173. The fourth-order valence-electron chi connectivity index (χ4n) is 3.16. The van der Waals surface area contributed by atoms with E-state index in [0.29, 0.717) is 0 Å². The second-order valence-electron chi connectivity index (χ2n) is 7.32. The fraction of sp³-hybridized carbons (Fsp3) is 0.316. The first kappa shape index (κ1) is 17.7. The third kappa shape index (κ3) is 3.21. The molecule has 0 radical (unpaired) electrons. The lowest BCUT2D eigenvalue weighted by Gasteiger charge is -2.34. The molecule has 0 fully saturated rings. The maximum absolute atomic E-state index is 6.19. The van der Waals surface area contributed by atoms with Crippen molar-refractivity contribution in [2.45, 2.75) is 31.8 Å². The summed E-state index contributed by atoms with van der Waals surface area (Å²) in [5, 5.41) is 4.53. The molecule has 25 heavy (non-hydrogen) atoms. The zero-order valence-corrected chi connectivity index (χ0v) is 18.8. The first-order valence-corrected chi connectivity index (χ1v) is 10.9. The molecule has 1 unspecified atom stereocenters. The van der Waals surface area contributed by atoms with Crippen LogP contribution in [0.25, 0.3) is 0 Å². The Kier molecular flexibility index (Phi) is 4.36. The number of fused-ring (bicyclic) bond motifs is 4. The summed E-state index contributed by atoms with van der Waals surface area (Å²) in [6.45, 7) is 6.48. The van der Waals surface area contributed by atoms with Gasteiger partial charge in [-0.25, -0.2) is 4.99 Å². The van der Waals surface area contributed by atoms with Gasteiger partial charge < -0.3 is 10.1 Å². The van der Waals surface area contributed by atoms with Gasteiger partial charge in [-0.05, 0) is 79.8 Å². The minimum Gasteiger partial charge on any atom is -0.457 e. The number of rotatable bonds is 0. The van der Waals surface area contributed by atoms with Crippen LogP contribution in [0.1, 0.15) is 31.9 Å². The van der Waals surface area contributed by atoms with Crippen LogP contribution in [0.3, 0.4) is 0 Å². The minimum atomic E-state index is -0.411. The first-order valence-electron chi connectivity index (χ1n) is 8.06. The van der Waals surface area contributed by atoms with E-state index < -0.39 is 5.54 Å². The summed E-state index contributed by atoms with van der Waals surface area (Å²) in [4.78, 5) is 5.19. The Bertz CT molecular complexity index is 840. The highest BCUT2D eigenvalue weighted by Crippen LogP contribution is 2.53. The molecule has 6 heteroatoms. The third-order valence-corrected chi connectivity index (χ3v) is 6.38. The van der Waals surface area contributed by atoms with Crippen LogP contribution in [-0.4, -0.2) is 16.5 Å². The first-order chi connectivity index (χ1) is 11.8. The summed E-state index contributed by atoms with van der Waals surface area (Å²) in [5.74, 6) is 2.65. The molecule has 2 aliphatic rings. The normalized spacial score (nSPS) is 21.4. The Morgan fingerprint density at radius 2 is 1.84 bits per heavy atom. The summed E-state index contributed by atoms with van der Waals surface area (Å²) < 4.78 is 8.42. The molecular formula is C19H18BrIN2OS. The average molecular weight is 529 g/mol. The van der Waals surface area contributed by atoms with E-state index in [1.54, 1.807) is 11.8 Å². The number of ether oxygens (including phenoxy) is 1. The van der Waals surface area contributed by atoms with Crippen LogP contribution >= 0.6 is 50.3 Å². The molecule has 1 N–H and O–H groups in total. The number of thioether (sulfide) groups is 1. The molecule has 130 valence electrons. The smallest absolute Gasteiger partial charge is 0.158 e. The summed E-state index contributed by atoms with van der Waals surface area (Å²) >= 11 is 7.74. The lowest BCUT2D eigenvalue weighted by Crippen LogP contribution is -2.39. The Hall–Kier alpha value is -0.730. The largest absolute Gasteiger partial charge is 0.457 e. The molecule has 1 spiro atoms. The van der Waals surface area contributed by atoms with Crippen LogP contribution in [0.2, 0.25) is 0 Å². The molecule has 2 aromatic carbocycles. The van der Waals surface area contributed by atoms with Crippen LogP contribution < -0.4 is 10.1 Å². The fourth-order valence-corrected chi connectivity index (χ4v) is 5.34. The van der Waals surface area contributed by atoms with E-state index in [0.717, 1.165) is 38.0 Å². The molecule has 0 aliphatic carbocycles. The van der Waals surface area contributed by atoms with Crippen molar-refractivity contribution < 1.29 is 4.74 Å². The molecule has 0 saturated carbocycles. The van der Waals surface area contributed by atoms with E-state index in [2.05, 4.69) is 88.9 Å². The number of nitrogens with zero attached hydrogens (tertiary/aromatic N) is 1. The number of aliphatic imine (C=N–C) groups is 1. The SMILES string of the molecule is CC(C)(C)NC1=NC2(CS1)c1cc(Br)ccc1Oc1ccc(I)cc12. The quantitative estimate of drug-likeness (QED) is 0.432. The Morgan fingerprint density at radius 1 is 1.16 bits per heavy atom. The van der Waals surface area contributed by atoms with E-state index in [9.17, 15) is 0 Å². The Morgan fingerprint density at radius 3 is 2.56 bits per heavy atom. The number of hydrogen-bond donors (Lipinski definition) is 1. The Balaban J connectivity index is 1.92. The van der Waals surface area contributed by atoms with Gasteiger partial charge in [0.05, 0.1) is 0 Å². The number of amidine groups is 1. The molecule has 0 amide bonds. The predicted octanol–water partition coefficient (Wildman–Crippen LogP) is 5.89. The Labute approximate surface area is 174 Å². The number of halogens is 2. The molecule has 0 bridgehead atoms. The van der Waals surface area contributed by atoms with Crippen molar-refractivity contribution in [3.05, 3.63) is 55.6 Å². The van der Waals surface area contributed by atoms with Crippen molar-refractivity contribution in [2.24, 2.45) is 4.99 Å². The van der Waals surface area contributed by atoms with E-state index in [-0.39, 0.29) is 5.54 Å². The number of nitrogens with one attached hydrogen (secondary N) is 1. The monoisotopic (exact) mass is 528 g/mol. The molecule has 0 saturated heterocycles. The highest BCUT2D eigenvalue weighted by atomic mass is 127. The van der Waals surface area contributed by atoms with Gasteiger partial charge in [0, 0.05) is 30.5 Å². The predicted molar refractivity (Wildman–Crippen MR) is 117 cm³/mol. The van der Waals surface area contributed by atoms with Gasteiger partial charge in [0.25, 0.3) is 0 Å². The van der Waals surface area contributed by atoms with Gasteiger partial charge in [-0.1, -0.05) is 27.7 Å². The van der Waals surface area contributed by atoms with Crippen molar-refractivity contribution in [3.63, 3.8) is 0 Å². The van der Waals surface area contributed by atoms with Crippen LogP contribution in [-0.2, 0) is 5.54 Å². The maximum Gasteiger partial charge on any atom is 0.158 e. The van der Waals surface area contributed by atoms with Gasteiger partial charge in [0.15, 0.2) is 5.17 Å². The summed E-state index contributed by atoms with van der Waals surface area (Å²) in [7, 11) is 0. The zero-order valence-electron chi connectivity index (χ0n) is 14.2. The van der Waals surface area contributed by atoms with Gasteiger partial charge >= 0.3 is 0 Å². The highest BCUT2D eigenvalue weighted by Gasteiger charge is 2.46. The second-order valence-corrected chi connectivity index (χ2v) is 10.4. The summed E-state index contributed by atoms with van der Waals surface area (Å²) in [6.07, 6.45) is 0. The molecule has 2 aromatic rings. The lowest BCUT2D eigenvalue weighted by molar-refractivity contribution is 0.414. The zero-order chi connectivity index (χ0) is 17.8. The van der Waals surface area contributed by atoms with Gasteiger partial charge in [0.1, 0.15) is 17.0 Å². The highest BCUT2D eigenvalue weighted by molar-refractivity contribution is 14.1. The molecule has 2 heterocycles. The van der Waals surface area contributed by atoms with Crippen molar-refractivity contribution >= 4 is 55.5 Å². The molecule has 3 nitrogen and oxygen atoms in total. The summed E-state index contributed by atoms with van der Waals surface area (Å²) in [6, 6.07) is 12.5. The topological polar surface area (TPSA) is 33.6 Å². The van der Waals surface area contributed by atoms with Crippen molar-refractivity contribution in [3.8, 4) is 11.5 Å². The van der Waals surface area contributed by atoms with E-state index in [4.69, 9.17) is 9.73 Å². The molecule has 1 atom stereocenters. The maximum atomic E-state index is 6.19. The van der Waals surface area contributed by atoms with E-state index >= 15 is 0 Å². The van der Waals surface area contributed by atoms with Crippen molar-refractivity contribution in [2.75, 3.05) is 5.75 Å². The average Bonchev–Trinajstić information content (AvgIpc) is 2.92. The van der Waals surface area contributed by atoms with Crippen molar-refractivity contribution in [1.82, 2.24) is 5.32 Å². The van der Waals surface area contributed by atoms with E-state index in [1.807, 2.05) is 12.1 Å². The summed E-state index contributed by atoms with van der Waals surface area (Å²) in [5.41, 5.74) is 1.83. The van der Waals surface area contributed by atoms with Crippen molar-refractivity contribution in [1.29, 1.82) is 0 Å². The number of hydrogen-bond acceptors (Lipinski definition) is 4. The number of benzene rings is 2. The van der Waals surface area contributed by atoms with E-state index in [1.165, 1.54) is 3.57 Å². The molecule has 4 rings (SSSR count). The van der Waals surface area contributed by atoms with Gasteiger partial charge in [-0.3, -0.25) is 0 Å². The lowest BCUT2D eigenvalue weighted by atomic mass is 9.82. The van der Waals surface area contributed by atoms with Gasteiger partial charge in [-0.15, -0.1) is 0 Å².